The molecule has 1 spiro atoms. The second-order valence-corrected chi connectivity index (χ2v) is 8.54. The summed E-state index contributed by atoms with van der Waals surface area (Å²) < 4.78 is 0.994. The summed E-state index contributed by atoms with van der Waals surface area (Å²) in [6, 6.07) is 15.6. The number of benzene rings is 2. The molecule has 6 heteroatoms. The fourth-order valence-corrected chi connectivity index (χ4v) is 4.17. The molecule has 4 rings (SSSR count). The summed E-state index contributed by atoms with van der Waals surface area (Å²) >= 11 is 6.03. The van der Waals surface area contributed by atoms with Crippen molar-refractivity contribution < 1.29 is 33.3 Å². The lowest BCUT2D eigenvalue weighted by Gasteiger charge is -2.53. The van der Waals surface area contributed by atoms with Crippen LogP contribution in [-0.2, 0) is 6.54 Å². The topological polar surface area (TPSA) is 32.3 Å². The second kappa shape index (κ2) is 7.60. The Morgan fingerprint density at radius 3 is 2.37 bits per heavy atom. The molecule has 0 atom stereocenters. The smallest absolute Gasteiger partial charge is 0.258 e. The molecule has 0 saturated carbocycles. The summed E-state index contributed by atoms with van der Waals surface area (Å²) in [5.41, 5.74) is 2.49. The van der Waals surface area contributed by atoms with Gasteiger partial charge in [0, 0.05) is 30.1 Å². The van der Waals surface area contributed by atoms with Crippen molar-refractivity contribution in [2.75, 3.05) is 32.5 Å². The Kier molecular flexibility index (Phi) is 5.75. The van der Waals surface area contributed by atoms with Gasteiger partial charge in [0.1, 0.15) is 5.66 Å². The van der Waals surface area contributed by atoms with Crippen LogP contribution in [0.2, 0.25) is 5.02 Å². The van der Waals surface area contributed by atoms with Gasteiger partial charge >= 0.3 is 0 Å². The third-order valence-corrected chi connectivity index (χ3v) is 6.05. The van der Waals surface area contributed by atoms with Gasteiger partial charge in [-0.3, -0.25) is 4.79 Å². The number of hydrogen-bond acceptors (Lipinski definition) is 2. The first kappa shape index (κ1) is 20.4. The van der Waals surface area contributed by atoms with E-state index >= 15 is 0 Å². The first-order valence-corrected chi connectivity index (χ1v) is 9.52. The number of amides is 1. The van der Waals surface area contributed by atoms with Crippen LogP contribution in [0.15, 0.2) is 48.5 Å². The third-order valence-electron chi connectivity index (χ3n) is 5.80. The maximum Gasteiger partial charge on any atom is 0.258 e. The Morgan fingerprint density at radius 1 is 1.07 bits per heavy atom. The minimum atomic E-state index is -0.321. The lowest BCUT2D eigenvalue weighted by Crippen LogP contribution is -3.00. The van der Waals surface area contributed by atoms with Crippen molar-refractivity contribution in [2.24, 2.45) is 0 Å². The average Bonchev–Trinajstić information content (AvgIpc) is 2.63. The number of para-hydroxylation sites is 1. The standard InChI is InChI=1S/C21H24ClN3O.HI/c1-25(2)13-11-21(12-14-25)23-19-6-4-3-5-18(19)20(26)24(21)15-16-7-9-17(22)10-8-16;/h3-10H,11-15H2,1-2H3;1H. The van der Waals surface area contributed by atoms with Crippen LogP contribution in [0, 0.1) is 0 Å². The quantitative estimate of drug-likeness (QED) is 0.496. The number of carbonyl (C=O) groups excluding carboxylic acids is 1. The normalized spacial score (nSPS) is 19.8. The first-order chi connectivity index (χ1) is 12.4. The van der Waals surface area contributed by atoms with Gasteiger partial charge in [0.15, 0.2) is 0 Å². The van der Waals surface area contributed by atoms with Crippen molar-refractivity contribution in [1.82, 2.24) is 4.90 Å². The molecule has 144 valence electrons. The molecule has 2 heterocycles. The molecule has 0 aromatic heterocycles. The highest BCUT2D eigenvalue weighted by Crippen LogP contribution is 2.39. The number of fused-ring (bicyclic) bond motifs is 1. The van der Waals surface area contributed by atoms with Gasteiger partial charge in [-0.05, 0) is 29.8 Å². The van der Waals surface area contributed by atoms with E-state index in [1.807, 2.05) is 53.4 Å². The molecular formula is C21H25ClIN3O. The number of anilines is 1. The van der Waals surface area contributed by atoms with Crippen molar-refractivity contribution in [3.63, 3.8) is 0 Å². The molecule has 2 aromatic rings. The van der Waals surface area contributed by atoms with Gasteiger partial charge in [-0.2, -0.15) is 0 Å². The van der Waals surface area contributed by atoms with Gasteiger partial charge < -0.3 is 38.7 Å². The zero-order valence-electron chi connectivity index (χ0n) is 15.7. The molecule has 4 nitrogen and oxygen atoms in total. The predicted molar refractivity (Wildman–Crippen MR) is 105 cm³/mol. The number of nitrogens with one attached hydrogen (secondary N) is 1. The Labute approximate surface area is 183 Å². The summed E-state index contributed by atoms with van der Waals surface area (Å²) in [7, 11) is 4.52. The molecular weight excluding hydrogens is 473 g/mol. The van der Waals surface area contributed by atoms with Crippen LogP contribution in [-0.4, -0.2) is 48.1 Å². The predicted octanol–water partition coefficient (Wildman–Crippen LogP) is 0.978. The Balaban J connectivity index is 0.00000210. The average molecular weight is 498 g/mol. The first-order valence-electron chi connectivity index (χ1n) is 9.14. The van der Waals surface area contributed by atoms with Crippen molar-refractivity contribution in [3.05, 3.63) is 64.7 Å². The monoisotopic (exact) mass is 497 g/mol. The van der Waals surface area contributed by atoms with E-state index in [9.17, 15) is 4.79 Å². The number of nitrogens with zero attached hydrogens (tertiary/aromatic N) is 2. The third kappa shape index (κ3) is 3.96. The maximum atomic E-state index is 13.4. The summed E-state index contributed by atoms with van der Waals surface area (Å²) in [5, 5.41) is 4.45. The van der Waals surface area contributed by atoms with Gasteiger partial charge in [-0.15, -0.1) is 0 Å². The number of piperidine rings is 1. The number of quaternary nitrogens is 1. The summed E-state index contributed by atoms with van der Waals surface area (Å²) in [6.45, 7) is 2.67. The zero-order valence-corrected chi connectivity index (χ0v) is 18.6. The minimum Gasteiger partial charge on any atom is -1.00 e. The Hall–Kier alpha value is -1.31. The number of likely N-dealkylation sites (tertiary alicyclic amines) is 1. The summed E-state index contributed by atoms with van der Waals surface area (Å²) in [6.07, 6.45) is 1.88. The number of halogens is 2. The molecule has 1 saturated heterocycles. The van der Waals surface area contributed by atoms with Crippen molar-refractivity contribution in [2.45, 2.75) is 25.0 Å². The molecule has 2 aliphatic rings. The summed E-state index contributed by atoms with van der Waals surface area (Å²) in [4.78, 5) is 15.4. The van der Waals surface area contributed by atoms with Gasteiger partial charge in [0.2, 0.25) is 0 Å². The van der Waals surface area contributed by atoms with Crippen LogP contribution in [0.3, 0.4) is 0 Å². The SMILES string of the molecule is C[N+]1(C)CCC2(CC1)Nc1ccccc1C(=O)N2Cc1ccc(Cl)cc1.[I-]. The minimum absolute atomic E-state index is 0. The van der Waals surface area contributed by atoms with E-state index in [4.69, 9.17) is 11.6 Å². The highest BCUT2D eigenvalue weighted by molar-refractivity contribution is 6.30. The second-order valence-electron chi connectivity index (χ2n) is 8.10. The van der Waals surface area contributed by atoms with Crippen molar-refractivity contribution in [1.29, 1.82) is 0 Å². The van der Waals surface area contributed by atoms with Crippen LogP contribution in [0.25, 0.3) is 0 Å². The van der Waals surface area contributed by atoms with Crippen LogP contribution in [0.4, 0.5) is 5.69 Å². The van der Waals surface area contributed by atoms with Gasteiger partial charge in [0.05, 0.1) is 32.7 Å². The molecule has 1 amide bonds. The van der Waals surface area contributed by atoms with E-state index in [1.165, 1.54) is 0 Å². The van der Waals surface area contributed by atoms with Crippen LogP contribution in [0.1, 0.15) is 28.8 Å². The Bertz CT molecular complexity index is 828. The van der Waals surface area contributed by atoms with E-state index in [0.29, 0.717) is 11.6 Å². The maximum absolute atomic E-state index is 13.4. The molecule has 1 fully saturated rings. The number of rotatable bonds is 2. The molecule has 0 radical (unpaired) electrons. The van der Waals surface area contributed by atoms with Crippen molar-refractivity contribution in [3.8, 4) is 0 Å². The number of hydrogen-bond donors (Lipinski definition) is 1. The van der Waals surface area contributed by atoms with Gasteiger partial charge in [-0.1, -0.05) is 35.9 Å². The molecule has 0 bridgehead atoms. The molecule has 2 aromatic carbocycles. The van der Waals surface area contributed by atoms with E-state index < -0.39 is 0 Å². The largest absolute Gasteiger partial charge is 1.00 e. The Morgan fingerprint density at radius 2 is 1.70 bits per heavy atom. The fraction of sp³-hybridized carbons (Fsp3) is 0.381. The highest BCUT2D eigenvalue weighted by atomic mass is 127. The van der Waals surface area contributed by atoms with E-state index in [2.05, 4.69) is 19.4 Å². The van der Waals surface area contributed by atoms with Gasteiger partial charge in [-0.25, -0.2) is 0 Å². The molecule has 0 aliphatic carbocycles. The molecule has 1 N–H and O–H groups in total. The van der Waals surface area contributed by atoms with Crippen LogP contribution < -0.4 is 29.3 Å². The van der Waals surface area contributed by atoms with E-state index in [0.717, 1.165) is 47.2 Å². The van der Waals surface area contributed by atoms with E-state index in [-0.39, 0.29) is 35.5 Å². The zero-order chi connectivity index (χ0) is 18.4. The van der Waals surface area contributed by atoms with Crippen LogP contribution in [0.5, 0.6) is 0 Å². The number of carbonyl (C=O) groups is 1. The highest BCUT2D eigenvalue weighted by Gasteiger charge is 2.48. The van der Waals surface area contributed by atoms with Crippen molar-refractivity contribution >= 4 is 23.2 Å². The molecule has 0 unspecified atom stereocenters. The van der Waals surface area contributed by atoms with Gasteiger partial charge in [0.25, 0.3) is 5.91 Å². The summed E-state index contributed by atoms with van der Waals surface area (Å²) in [5.74, 6) is 0.113. The fourth-order valence-electron chi connectivity index (χ4n) is 4.04. The van der Waals surface area contributed by atoms with Crippen LogP contribution >= 0.6 is 11.6 Å². The van der Waals surface area contributed by atoms with E-state index in [1.54, 1.807) is 0 Å². The molecule has 27 heavy (non-hydrogen) atoms. The molecule has 2 aliphatic heterocycles. The lowest BCUT2D eigenvalue weighted by atomic mass is 9.88. The lowest BCUT2D eigenvalue weighted by molar-refractivity contribution is -0.896.